The summed E-state index contributed by atoms with van der Waals surface area (Å²) in [7, 11) is 1.70. The van der Waals surface area contributed by atoms with Gasteiger partial charge in [-0.15, -0.1) is 0 Å². The Morgan fingerprint density at radius 1 is 1.11 bits per heavy atom. The summed E-state index contributed by atoms with van der Waals surface area (Å²) < 4.78 is 7.63. The smallest absolute Gasteiger partial charge is 0.119 e. The molecule has 18 heavy (non-hydrogen) atoms. The van der Waals surface area contributed by atoms with E-state index in [0.717, 1.165) is 5.75 Å². The van der Waals surface area contributed by atoms with Gasteiger partial charge >= 0.3 is 0 Å². The van der Waals surface area contributed by atoms with Crippen molar-refractivity contribution in [2.75, 3.05) is 7.11 Å². The topological polar surface area (TPSA) is 27.1 Å². The highest BCUT2D eigenvalue weighted by Gasteiger charge is 2.13. The van der Waals surface area contributed by atoms with Crippen molar-refractivity contribution >= 4 is 21.8 Å². The average molecular weight is 240 g/mol. The first-order chi connectivity index (χ1) is 8.72. The highest BCUT2D eigenvalue weighted by atomic mass is 16.5. The van der Waals surface area contributed by atoms with E-state index in [1.807, 2.05) is 18.5 Å². The van der Waals surface area contributed by atoms with Crippen molar-refractivity contribution < 1.29 is 4.74 Å². The maximum absolute atomic E-state index is 5.32. The maximum Gasteiger partial charge on any atom is 0.119 e. The van der Waals surface area contributed by atoms with Gasteiger partial charge in [0.2, 0.25) is 0 Å². The molecule has 0 radical (unpaired) electrons. The SMILES string of the molecule is COc1ccc2c(c1)c1ccncc1n2C(C)C. The second kappa shape index (κ2) is 4.02. The molecule has 0 fully saturated rings. The number of fused-ring (bicyclic) bond motifs is 3. The van der Waals surface area contributed by atoms with Crippen LogP contribution in [0.1, 0.15) is 19.9 Å². The average Bonchev–Trinajstić information content (AvgIpc) is 2.72. The molecule has 2 aromatic heterocycles. The van der Waals surface area contributed by atoms with Gasteiger partial charge < -0.3 is 9.30 Å². The van der Waals surface area contributed by atoms with Crippen molar-refractivity contribution in [3.63, 3.8) is 0 Å². The fourth-order valence-corrected chi connectivity index (χ4v) is 2.56. The second-order valence-electron chi connectivity index (χ2n) is 4.74. The predicted molar refractivity (Wildman–Crippen MR) is 74.2 cm³/mol. The Hall–Kier alpha value is -2.03. The number of rotatable bonds is 2. The van der Waals surface area contributed by atoms with E-state index in [4.69, 9.17) is 4.74 Å². The lowest BCUT2D eigenvalue weighted by Crippen LogP contribution is -1.99. The van der Waals surface area contributed by atoms with Gasteiger partial charge in [0, 0.05) is 28.5 Å². The molecule has 0 unspecified atom stereocenters. The van der Waals surface area contributed by atoms with Gasteiger partial charge in [-0.1, -0.05) is 0 Å². The molecule has 0 atom stereocenters. The van der Waals surface area contributed by atoms with E-state index in [1.54, 1.807) is 7.11 Å². The van der Waals surface area contributed by atoms with Crippen LogP contribution in [0.4, 0.5) is 0 Å². The van der Waals surface area contributed by atoms with Crippen LogP contribution < -0.4 is 4.74 Å². The summed E-state index contributed by atoms with van der Waals surface area (Å²) >= 11 is 0. The summed E-state index contributed by atoms with van der Waals surface area (Å²) in [6.45, 7) is 4.38. The van der Waals surface area contributed by atoms with Crippen LogP contribution in [0.5, 0.6) is 5.75 Å². The van der Waals surface area contributed by atoms with E-state index >= 15 is 0 Å². The molecular formula is C15H16N2O. The van der Waals surface area contributed by atoms with Crippen LogP contribution in [0.2, 0.25) is 0 Å². The third-order valence-electron chi connectivity index (χ3n) is 3.33. The first-order valence-electron chi connectivity index (χ1n) is 6.14. The molecule has 0 saturated heterocycles. The second-order valence-corrected chi connectivity index (χ2v) is 4.74. The van der Waals surface area contributed by atoms with Crippen LogP contribution >= 0.6 is 0 Å². The molecule has 3 nitrogen and oxygen atoms in total. The number of methoxy groups -OCH3 is 1. The van der Waals surface area contributed by atoms with Crippen LogP contribution in [0, 0.1) is 0 Å². The molecule has 0 bridgehead atoms. The molecule has 3 heteroatoms. The van der Waals surface area contributed by atoms with Crippen molar-refractivity contribution in [2.45, 2.75) is 19.9 Å². The minimum atomic E-state index is 0.405. The molecule has 0 saturated carbocycles. The van der Waals surface area contributed by atoms with Gasteiger partial charge in [-0.2, -0.15) is 0 Å². The zero-order valence-electron chi connectivity index (χ0n) is 10.8. The predicted octanol–water partition coefficient (Wildman–Crippen LogP) is 3.78. The molecule has 2 heterocycles. The highest BCUT2D eigenvalue weighted by Crippen LogP contribution is 2.33. The minimum absolute atomic E-state index is 0.405. The van der Waals surface area contributed by atoms with Gasteiger partial charge in [-0.25, -0.2) is 0 Å². The lowest BCUT2D eigenvalue weighted by atomic mass is 10.2. The van der Waals surface area contributed by atoms with Gasteiger partial charge in [-0.05, 0) is 38.1 Å². The van der Waals surface area contributed by atoms with E-state index in [-0.39, 0.29) is 0 Å². The molecule has 92 valence electrons. The molecule has 0 aliphatic rings. The monoisotopic (exact) mass is 240 g/mol. The Labute approximate surface area is 106 Å². The van der Waals surface area contributed by atoms with Crippen LogP contribution in [0.3, 0.4) is 0 Å². The maximum atomic E-state index is 5.32. The minimum Gasteiger partial charge on any atom is -0.497 e. The van der Waals surface area contributed by atoms with Crippen molar-refractivity contribution in [1.29, 1.82) is 0 Å². The van der Waals surface area contributed by atoms with Crippen LogP contribution in [0.15, 0.2) is 36.7 Å². The summed E-state index contributed by atoms with van der Waals surface area (Å²) in [5.41, 5.74) is 2.41. The van der Waals surface area contributed by atoms with E-state index in [9.17, 15) is 0 Å². The van der Waals surface area contributed by atoms with Gasteiger partial charge in [0.15, 0.2) is 0 Å². The zero-order chi connectivity index (χ0) is 12.7. The number of hydrogen-bond donors (Lipinski definition) is 0. The van der Waals surface area contributed by atoms with Crippen molar-refractivity contribution in [3.05, 3.63) is 36.7 Å². The van der Waals surface area contributed by atoms with Gasteiger partial charge in [0.1, 0.15) is 5.75 Å². The number of ether oxygens (including phenoxy) is 1. The van der Waals surface area contributed by atoms with Crippen molar-refractivity contribution in [1.82, 2.24) is 9.55 Å². The molecule has 0 amide bonds. The third-order valence-corrected chi connectivity index (χ3v) is 3.33. The zero-order valence-corrected chi connectivity index (χ0v) is 10.8. The van der Waals surface area contributed by atoms with Gasteiger partial charge in [0.05, 0.1) is 18.8 Å². The first-order valence-corrected chi connectivity index (χ1v) is 6.14. The van der Waals surface area contributed by atoms with E-state index in [1.165, 1.54) is 21.8 Å². The summed E-state index contributed by atoms with van der Waals surface area (Å²) in [5.74, 6) is 0.891. The number of hydrogen-bond acceptors (Lipinski definition) is 2. The molecule has 0 spiro atoms. The quantitative estimate of drug-likeness (QED) is 0.681. The lowest BCUT2D eigenvalue weighted by molar-refractivity contribution is 0.415. The Kier molecular flexibility index (Phi) is 2.47. The van der Waals surface area contributed by atoms with E-state index < -0.39 is 0 Å². The summed E-state index contributed by atoms with van der Waals surface area (Å²) in [5, 5.41) is 2.45. The largest absolute Gasteiger partial charge is 0.497 e. The standard InChI is InChI=1S/C15H16N2O/c1-10(2)17-14-5-4-11(18-3)8-13(14)12-6-7-16-9-15(12)17/h4-10H,1-3H3. The lowest BCUT2D eigenvalue weighted by Gasteiger charge is -2.11. The number of nitrogens with zero attached hydrogens (tertiary/aromatic N) is 2. The summed E-state index contributed by atoms with van der Waals surface area (Å²) in [4.78, 5) is 4.24. The molecule has 1 aromatic carbocycles. The number of pyridine rings is 1. The van der Waals surface area contributed by atoms with E-state index in [2.05, 4.69) is 41.6 Å². The fraction of sp³-hybridized carbons (Fsp3) is 0.267. The van der Waals surface area contributed by atoms with Crippen LogP contribution in [-0.4, -0.2) is 16.7 Å². The van der Waals surface area contributed by atoms with E-state index in [0.29, 0.717) is 6.04 Å². The first kappa shape index (κ1) is 11.1. The fourth-order valence-electron chi connectivity index (χ4n) is 2.56. The number of aromatic nitrogens is 2. The Balaban J connectivity index is 2.49. The Morgan fingerprint density at radius 3 is 2.67 bits per heavy atom. The molecular weight excluding hydrogens is 224 g/mol. The Morgan fingerprint density at radius 2 is 1.94 bits per heavy atom. The third kappa shape index (κ3) is 1.47. The number of benzene rings is 1. The molecule has 3 aromatic rings. The highest BCUT2D eigenvalue weighted by molar-refractivity contribution is 6.08. The van der Waals surface area contributed by atoms with Crippen molar-refractivity contribution in [2.24, 2.45) is 0 Å². The summed E-state index contributed by atoms with van der Waals surface area (Å²) in [6, 6.07) is 8.69. The van der Waals surface area contributed by atoms with Crippen LogP contribution in [0.25, 0.3) is 21.8 Å². The summed E-state index contributed by atoms with van der Waals surface area (Å²) in [6.07, 6.45) is 3.77. The molecule has 0 aliphatic carbocycles. The molecule has 3 rings (SSSR count). The van der Waals surface area contributed by atoms with Crippen molar-refractivity contribution in [3.8, 4) is 5.75 Å². The molecule has 0 aliphatic heterocycles. The van der Waals surface area contributed by atoms with Gasteiger partial charge in [0.25, 0.3) is 0 Å². The normalized spacial score (nSPS) is 11.6. The van der Waals surface area contributed by atoms with Gasteiger partial charge in [-0.3, -0.25) is 4.98 Å². The van der Waals surface area contributed by atoms with Crippen LogP contribution in [-0.2, 0) is 0 Å². The molecule has 0 N–H and O–H groups in total. The Bertz CT molecular complexity index is 713.